The lowest BCUT2D eigenvalue weighted by atomic mass is 10.3. The van der Waals surface area contributed by atoms with Crippen LogP contribution in [0.2, 0.25) is 0 Å². The second-order valence-corrected chi connectivity index (χ2v) is 3.44. The van der Waals surface area contributed by atoms with Crippen LogP contribution in [0, 0.1) is 0 Å². The Kier molecular flexibility index (Phi) is 4.50. The third-order valence-electron chi connectivity index (χ3n) is 2.20. The van der Waals surface area contributed by atoms with Crippen LogP contribution in [0.15, 0.2) is 6.33 Å². The number of anilines is 1. The third-order valence-corrected chi connectivity index (χ3v) is 2.20. The summed E-state index contributed by atoms with van der Waals surface area (Å²) in [4.78, 5) is 25.8. The van der Waals surface area contributed by atoms with E-state index in [1.54, 1.807) is 11.5 Å². The number of nitrogens with two attached hydrogens (primary N) is 2. The van der Waals surface area contributed by atoms with Crippen LogP contribution in [0.5, 0.6) is 0 Å². The molecule has 94 valence electrons. The minimum Gasteiger partial charge on any atom is -0.466 e. The number of carbonyl (C=O) groups excluding carboxylic acids is 2. The minimum atomic E-state index is -0.661. The first-order chi connectivity index (χ1) is 8.06. The van der Waals surface area contributed by atoms with E-state index in [-0.39, 0.29) is 17.5 Å². The number of esters is 1. The molecule has 0 fully saturated rings. The molecule has 0 saturated heterocycles. The molecule has 0 unspecified atom stereocenters. The summed E-state index contributed by atoms with van der Waals surface area (Å²) >= 11 is 0. The quantitative estimate of drug-likeness (QED) is 0.674. The van der Waals surface area contributed by atoms with E-state index in [0.29, 0.717) is 26.0 Å². The lowest BCUT2D eigenvalue weighted by Crippen LogP contribution is -2.15. The Morgan fingerprint density at radius 1 is 1.53 bits per heavy atom. The van der Waals surface area contributed by atoms with Gasteiger partial charge in [0.1, 0.15) is 5.82 Å². The summed E-state index contributed by atoms with van der Waals surface area (Å²) in [5.41, 5.74) is 10.8. The third kappa shape index (κ3) is 3.47. The zero-order valence-electron chi connectivity index (χ0n) is 9.68. The minimum absolute atomic E-state index is 0.0566. The Morgan fingerprint density at radius 3 is 2.76 bits per heavy atom. The van der Waals surface area contributed by atoms with Gasteiger partial charge in [-0.1, -0.05) is 0 Å². The molecule has 1 aromatic heterocycles. The van der Waals surface area contributed by atoms with Crippen LogP contribution < -0.4 is 11.5 Å². The zero-order chi connectivity index (χ0) is 12.8. The second-order valence-electron chi connectivity index (χ2n) is 3.44. The monoisotopic (exact) mass is 240 g/mol. The number of carbonyl (C=O) groups is 2. The summed E-state index contributed by atoms with van der Waals surface area (Å²) in [5.74, 6) is -0.686. The van der Waals surface area contributed by atoms with Gasteiger partial charge in [0.05, 0.1) is 12.9 Å². The lowest BCUT2D eigenvalue weighted by molar-refractivity contribution is -0.143. The predicted octanol–water partition coefficient (Wildman–Crippen LogP) is -0.0925. The van der Waals surface area contributed by atoms with Crippen molar-refractivity contribution in [2.75, 3.05) is 12.3 Å². The summed E-state index contributed by atoms with van der Waals surface area (Å²) in [6.07, 6.45) is 2.30. The summed E-state index contributed by atoms with van der Waals surface area (Å²) < 4.78 is 6.37. The van der Waals surface area contributed by atoms with Crippen molar-refractivity contribution in [2.24, 2.45) is 5.73 Å². The van der Waals surface area contributed by atoms with E-state index >= 15 is 0 Å². The number of nitrogens with zero attached hydrogens (tertiary/aromatic N) is 2. The molecule has 1 aromatic rings. The molecule has 0 bridgehead atoms. The molecule has 0 aromatic carbocycles. The highest BCUT2D eigenvalue weighted by atomic mass is 16.5. The first-order valence-electron chi connectivity index (χ1n) is 5.32. The molecular formula is C10H16N4O3. The number of amides is 1. The van der Waals surface area contributed by atoms with Crippen molar-refractivity contribution in [2.45, 2.75) is 26.3 Å². The molecule has 7 nitrogen and oxygen atoms in total. The van der Waals surface area contributed by atoms with Crippen molar-refractivity contribution in [3.8, 4) is 0 Å². The van der Waals surface area contributed by atoms with E-state index in [1.165, 1.54) is 6.33 Å². The second kappa shape index (κ2) is 5.88. The highest BCUT2D eigenvalue weighted by molar-refractivity contribution is 5.95. The van der Waals surface area contributed by atoms with Gasteiger partial charge < -0.3 is 20.8 Å². The number of aryl methyl sites for hydroxylation is 1. The summed E-state index contributed by atoms with van der Waals surface area (Å²) in [7, 11) is 0. The number of hydrogen-bond donors (Lipinski definition) is 2. The number of aromatic nitrogens is 2. The van der Waals surface area contributed by atoms with Crippen LogP contribution in [0.4, 0.5) is 5.82 Å². The molecule has 4 N–H and O–H groups in total. The smallest absolute Gasteiger partial charge is 0.305 e. The fraction of sp³-hybridized carbons (Fsp3) is 0.500. The number of rotatable bonds is 6. The van der Waals surface area contributed by atoms with Crippen LogP contribution in [0.25, 0.3) is 0 Å². The summed E-state index contributed by atoms with van der Waals surface area (Å²) in [6.45, 7) is 2.62. The number of imidazole rings is 1. The normalized spacial score (nSPS) is 10.2. The molecule has 0 atom stereocenters. The van der Waals surface area contributed by atoms with Crippen LogP contribution in [-0.4, -0.2) is 28.0 Å². The highest BCUT2D eigenvalue weighted by Gasteiger charge is 2.12. The predicted molar refractivity (Wildman–Crippen MR) is 61.0 cm³/mol. The van der Waals surface area contributed by atoms with Crippen molar-refractivity contribution < 1.29 is 14.3 Å². The van der Waals surface area contributed by atoms with Crippen LogP contribution in [0.1, 0.15) is 30.3 Å². The average molecular weight is 240 g/mol. The van der Waals surface area contributed by atoms with Gasteiger partial charge in [-0.25, -0.2) is 4.98 Å². The molecule has 1 amide bonds. The lowest BCUT2D eigenvalue weighted by Gasteiger charge is -2.05. The maximum atomic E-state index is 11.1. The van der Waals surface area contributed by atoms with Crippen LogP contribution in [0.3, 0.4) is 0 Å². The molecular weight excluding hydrogens is 224 g/mol. The van der Waals surface area contributed by atoms with Crippen LogP contribution >= 0.6 is 0 Å². The zero-order valence-corrected chi connectivity index (χ0v) is 9.68. The first-order valence-corrected chi connectivity index (χ1v) is 5.32. The van der Waals surface area contributed by atoms with Gasteiger partial charge in [0.25, 0.3) is 5.91 Å². The van der Waals surface area contributed by atoms with E-state index in [0.717, 1.165) is 0 Å². The van der Waals surface area contributed by atoms with Crippen molar-refractivity contribution in [1.82, 2.24) is 9.55 Å². The maximum absolute atomic E-state index is 11.1. The number of primary amides is 1. The molecule has 0 aliphatic heterocycles. The molecule has 0 aliphatic carbocycles. The van der Waals surface area contributed by atoms with Gasteiger partial charge in [0, 0.05) is 13.0 Å². The first kappa shape index (κ1) is 13.0. The summed E-state index contributed by atoms with van der Waals surface area (Å²) in [6, 6.07) is 0. The van der Waals surface area contributed by atoms with Gasteiger partial charge in [-0.3, -0.25) is 9.59 Å². The van der Waals surface area contributed by atoms with Gasteiger partial charge in [0.15, 0.2) is 5.69 Å². The van der Waals surface area contributed by atoms with E-state index in [1.807, 2.05) is 0 Å². The SMILES string of the molecule is CCOC(=O)CCCn1cnc(C(N)=O)c1N. The van der Waals surface area contributed by atoms with Crippen molar-refractivity contribution in [3.63, 3.8) is 0 Å². The molecule has 17 heavy (non-hydrogen) atoms. The van der Waals surface area contributed by atoms with E-state index in [2.05, 4.69) is 4.98 Å². The van der Waals surface area contributed by atoms with Gasteiger partial charge in [-0.2, -0.15) is 0 Å². The van der Waals surface area contributed by atoms with Gasteiger partial charge in [0.2, 0.25) is 0 Å². The molecule has 1 rings (SSSR count). The largest absolute Gasteiger partial charge is 0.466 e. The van der Waals surface area contributed by atoms with Crippen LogP contribution in [-0.2, 0) is 16.1 Å². The van der Waals surface area contributed by atoms with E-state index in [9.17, 15) is 9.59 Å². The Bertz CT molecular complexity index is 414. The number of hydrogen-bond acceptors (Lipinski definition) is 5. The molecule has 0 radical (unpaired) electrons. The Balaban J connectivity index is 2.47. The Labute approximate surface area is 98.7 Å². The topological polar surface area (TPSA) is 113 Å². The fourth-order valence-electron chi connectivity index (χ4n) is 1.39. The molecule has 0 spiro atoms. The molecule has 0 saturated carbocycles. The maximum Gasteiger partial charge on any atom is 0.305 e. The van der Waals surface area contributed by atoms with Crippen molar-refractivity contribution in [1.29, 1.82) is 0 Å². The highest BCUT2D eigenvalue weighted by Crippen LogP contribution is 2.10. The number of nitrogen functional groups attached to an aromatic ring is 1. The summed E-state index contributed by atoms with van der Waals surface area (Å²) in [5, 5.41) is 0. The Morgan fingerprint density at radius 2 is 2.24 bits per heavy atom. The standard InChI is InChI=1S/C10H16N4O3/c1-2-17-7(15)4-3-5-14-6-13-8(9(14)11)10(12)16/h6H,2-5,11H2,1H3,(H2,12,16). The fourth-order valence-corrected chi connectivity index (χ4v) is 1.39. The van der Waals surface area contributed by atoms with Crippen molar-refractivity contribution in [3.05, 3.63) is 12.0 Å². The molecule has 1 heterocycles. The van der Waals surface area contributed by atoms with Gasteiger partial charge in [-0.05, 0) is 13.3 Å². The Hall–Kier alpha value is -2.05. The van der Waals surface area contributed by atoms with Gasteiger partial charge in [-0.15, -0.1) is 0 Å². The molecule has 0 aliphatic rings. The number of ether oxygens (including phenoxy) is 1. The molecule has 7 heteroatoms. The van der Waals surface area contributed by atoms with E-state index < -0.39 is 5.91 Å². The van der Waals surface area contributed by atoms with Crippen molar-refractivity contribution >= 4 is 17.7 Å². The average Bonchev–Trinajstić information content (AvgIpc) is 2.61. The van der Waals surface area contributed by atoms with Gasteiger partial charge >= 0.3 is 5.97 Å². The van der Waals surface area contributed by atoms with E-state index in [4.69, 9.17) is 16.2 Å².